The number of amides is 1. The summed E-state index contributed by atoms with van der Waals surface area (Å²) in [6, 6.07) is 1.79. The molecule has 0 aliphatic carbocycles. The maximum absolute atomic E-state index is 12.0. The van der Waals surface area contributed by atoms with Gasteiger partial charge in [0.05, 0.1) is 17.0 Å². The molecule has 94 valence electrons. The second-order valence-electron chi connectivity index (χ2n) is 4.02. The molecule has 0 aliphatic heterocycles. The number of carbonyl (C=O) groups excluding carboxylic acids is 1. The monoisotopic (exact) mass is 299 g/mol. The van der Waals surface area contributed by atoms with Crippen LogP contribution in [0.4, 0.5) is 0 Å². The smallest absolute Gasteiger partial charge is 0.253 e. The Labute approximate surface area is 110 Å². The van der Waals surface area contributed by atoms with Crippen LogP contribution >= 0.6 is 15.9 Å². The van der Waals surface area contributed by atoms with Crippen LogP contribution in [-0.4, -0.2) is 27.5 Å². The molecule has 0 fully saturated rings. The Balaban J connectivity index is 2.70. The number of hydrogen-bond donors (Lipinski definition) is 1. The summed E-state index contributed by atoms with van der Waals surface area (Å²) in [5, 5.41) is 10.9. The first kappa shape index (κ1) is 14.1. The van der Waals surface area contributed by atoms with Crippen LogP contribution in [-0.2, 0) is 6.42 Å². The Bertz CT molecular complexity index is 393. The second kappa shape index (κ2) is 6.69. The first-order chi connectivity index (χ1) is 8.04. The minimum Gasteiger partial charge on any atom is -0.352 e. The third-order valence-corrected chi connectivity index (χ3v) is 2.86. The summed E-state index contributed by atoms with van der Waals surface area (Å²) in [5.41, 5.74) is 2.16. The van der Waals surface area contributed by atoms with Crippen molar-refractivity contribution in [2.45, 2.75) is 38.4 Å². The molecule has 0 aliphatic rings. The number of aromatic nitrogens is 2. The Morgan fingerprint density at radius 2 is 2.24 bits per heavy atom. The highest BCUT2D eigenvalue weighted by molar-refractivity contribution is 9.09. The van der Waals surface area contributed by atoms with Gasteiger partial charge in [0.1, 0.15) is 0 Å². The highest BCUT2D eigenvalue weighted by Crippen LogP contribution is 2.08. The van der Waals surface area contributed by atoms with Crippen LogP contribution in [0.15, 0.2) is 6.07 Å². The van der Waals surface area contributed by atoms with Crippen LogP contribution in [0.3, 0.4) is 0 Å². The van der Waals surface area contributed by atoms with Gasteiger partial charge in [0.25, 0.3) is 5.91 Å². The van der Waals surface area contributed by atoms with Crippen molar-refractivity contribution in [2.24, 2.45) is 0 Å². The zero-order valence-electron chi connectivity index (χ0n) is 10.5. The quantitative estimate of drug-likeness (QED) is 0.849. The summed E-state index contributed by atoms with van der Waals surface area (Å²) in [6.45, 7) is 6.53. The molecule has 1 heterocycles. The van der Waals surface area contributed by atoms with E-state index in [1.807, 2.05) is 13.8 Å². The van der Waals surface area contributed by atoms with Gasteiger partial charge in [-0.05, 0) is 25.8 Å². The van der Waals surface area contributed by atoms with Crippen molar-refractivity contribution in [1.29, 1.82) is 0 Å². The summed E-state index contributed by atoms with van der Waals surface area (Å²) in [5.74, 6) is -0.0620. The predicted octanol–water partition coefficient (Wildman–Crippen LogP) is 2.25. The molecule has 1 aromatic rings. The standard InChI is InChI=1S/C12H18BrN3O/c1-4-11-10(7-9(3)15-16-11)12(17)14-6-5-8(2)13/h7-8H,4-6H2,1-3H3,(H,14,17). The number of aryl methyl sites for hydroxylation is 2. The average molecular weight is 300 g/mol. The van der Waals surface area contributed by atoms with Crippen LogP contribution in [0.5, 0.6) is 0 Å². The fraction of sp³-hybridized carbons (Fsp3) is 0.583. The van der Waals surface area contributed by atoms with Gasteiger partial charge in [-0.25, -0.2) is 0 Å². The molecule has 0 saturated heterocycles. The molecular weight excluding hydrogens is 282 g/mol. The molecule has 0 saturated carbocycles. The second-order valence-corrected chi connectivity index (χ2v) is 5.59. The SMILES string of the molecule is CCc1nnc(C)cc1C(=O)NCCC(C)Br. The lowest BCUT2D eigenvalue weighted by Crippen LogP contribution is -2.27. The molecule has 0 spiro atoms. The number of carbonyl (C=O) groups is 1. The average Bonchev–Trinajstić information content (AvgIpc) is 2.28. The van der Waals surface area contributed by atoms with Crippen molar-refractivity contribution < 1.29 is 4.79 Å². The van der Waals surface area contributed by atoms with E-state index < -0.39 is 0 Å². The van der Waals surface area contributed by atoms with E-state index in [1.54, 1.807) is 6.07 Å². The topological polar surface area (TPSA) is 54.9 Å². The highest BCUT2D eigenvalue weighted by atomic mass is 79.9. The lowest BCUT2D eigenvalue weighted by atomic mass is 10.1. The Morgan fingerprint density at radius 1 is 1.53 bits per heavy atom. The lowest BCUT2D eigenvalue weighted by molar-refractivity contribution is 0.0951. The fourth-order valence-electron chi connectivity index (χ4n) is 1.45. The normalized spacial score (nSPS) is 12.2. The van der Waals surface area contributed by atoms with Crippen molar-refractivity contribution in [1.82, 2.24) is 15.5 Å². The molecule has 0 aromatic carbocycles. The minimum absolute atomic E-state index is 0.0620. The van der Waals surface area contributed by atoms with Crippen molar-refractivity contribution in [3.8, 4) is 0 Å². The van der Waals surface area contributed by atoms with Gasteiger partial charge < -0.3 is 5.32 Å². The van der Waals surface area contributed by atoms with Gasteiger partial charge in [-0.1, -0.05) is 29.8 Å². The third kappa shape index (κ3) is 4.42. The van der Waals surface area contributed by atoms with E-state index >= 15 is 0 Å². The van der Waals surface area contributed by atoms with E-state index in [0.717, 1.165) is 17.8 Å². The van der Waals surface area contributed by atoms with Gasteiger partial charge in [0, 0.05) is 11.4 Å². The molecular formula is C12H18BrN3O. The Morgan fingerprint density at radius 3 is 2.82 bits per heavy atom. The van der Waals surface area contributed by atoms with Gasteiger partial charge in [-0.2, -0.15) is 10.2 Å². The summed E-state index contributed by atoms with van der Waals surface area (Å²) >= 11 is 3.45. The summed E-state index contributed by atoms with van der Waals surface area (Å²) in [6.07, 6.45) is 1.62. The maximum atomic E-state index is 12.0. The first-order valence-corrected chi connectivity index (χ1v) is 6.71. The summed E-state index contributed by atoms with van der Waals surface area (Å²) in [7, 11) is 0. The van der Waals surface area contributed by atoms with Crippen molar-refractivity contribution >= 4 is 21.8 Å². The van der Waals surface area contributed by atoms with Crippen molar-refractivity contribution in [3.63, 3.8) is 0 Å². The highest BCUT2D eigenvalue weighted by Gasteiger charge is 2.12. The van der Waals surface area contributed by atoms with Crippen LogP contribution < -0.4 is 5.32 Å². The van der Waals surface area contributed by atoms with Crippen molar-refractivity contribution in [3.05, 3.63) is 23.0 Å². The lowest BCUT2D eigenvalue weighted by Gasteiger charge is -2.09. The zero-order chi connectivity index (χ0) is 12.8. The van der Waals surface area contributed by atoms with E-state index in [4.69, 9.17) is 0 Å². The van der Waals surface area contributed by atoms with E-state index in [2.05, 4.69) is 38.4 Å². The molecule has 1 atom stereocenters. The molecule has 1 amide bonds. The van der Waals surface area contributed by atoms with Crippen LogP contribution in [0, 0.1) is 6.92 Å². The third-order valence-electron chi connectivity index (χ3n) is 2.40. The number of rotatable bonds is 5. The van der Waals surface area contributed by atoms with Crippen LogP contribution in [0.25, 0.3) is 0 Å². The Hall–Kier alpha value is -0.970. The molecule has 4 nitrogen and oxygen atoms in total. The van der Waals surface area contributed by atoms with E-state index in [1.165, 1.54) is 0 Å². The van der Waals surface area contributed by atoms with Crippen LogP contribution in [0.2, 0.25) is 0 Å². The largest absolute Gasteiger partial charge is 0.352 e. The molecule has 1 rings (SSSR count). The predicted molar refractivity (Wildman–Crippen MR) is 71.5 cm³/mol. The van der Waals surface area contributed by atoms with Gasteiger partial charge >= 0.3 is 0 Å². The zero-order valence-corrected chi connectivity index (χ0v) is 12.0. The van der Waals surface area contributed by atoms with E-state index in [9.17, 15) is 4.79 Å². The van der Waals surface area contributed by atoms with E-state index in [0.29, 0.717) is 23.4 Å². The van der Waals surface area contributed by atoms with Gasteiger partial charge in [-0.3, -0.25) is 4.79 Å². The van der Waals surface area contributed by atoms with Crippen molar-refractivity contribution in [2.75, 3.05) is 6.54 Å². The fourth-order valence-corrected chi connectivity index (χ4v) is 1.68. The van der Waals surface area contributed by atoms with Gasteiger partial charge in [-0.15, -0.1) is 0 Å². The van der Waals surface area contributed by atoms with Gasteiger partial charge in [0.15, 0.2) is 0 Å². The number of hydrogen-bond acceptors (Lipinski definition) is 3. The van der Waals surface area contributed by atoms with Gasteiger partial charge in [0.2, 0.25) is 0 Å². The Kier molecular flexibility index (Phi) is 5.55. The molecule has 5 heteroatoms. The summed E-state index contributed by atoms with van der Waals surface area (Å²) < 4.78 is 0. The van der Waals surface area contributed by atoms with Crippen LogP contribution in [0.1, 0.15) is 42.0 Å². The molecule has 17 heavy (non-hydrogen) atoms. The molecule has 1 N–H and O–H groups in total. The molecule has 1 aromatic heterocycles. The van der Waals surface area contributed by atoms with E-state index in [-0.39, 0.29) is 5.91 Å². The number of halogens is 1. The molecule has 0 bridgehead atoms. The summed E-state index contributed by atoms with van der Waals surface area (Å²) in [4.78, 5) is 12.4. The maximum Gasteiger partial charge on any atom is 0.253 e. The molecule has 0 radical (unpaired) electrons. The number of nitrogens with zero attached hydrogens (tertiary/aromatic N) is 2. The number of alkyl halides is 1. The molecule has 1 unspecified atom stereocenters. The first-order valence-electron chi connectivity index (χ1n) is 5.80. The number of nitrogens with one attached hydrogen (secondary N) is 1. The minimum atomic E-state index is -0.0620.